The predicted molar refractivity (Wildman–Crippen MR) is 78.0 cm³/mol. The topological polar surface area (TPSA) is 35.2 Å². The fraction of sp³-hybridized carbons (Fsp3) is 0.625. The zero-order valence-corrected chi connectivity index (χ0v) is 12.1. The lowest BCUT2D eigenvalue weighted by atomic mass is 10.0. The first-order valence-corrected chi connectivity index (χ1v) is 7.33. The molecule has 1 aromatic carbocycles. The molecule has 1 atom stereocenters. The first-order valence-electron chi connectivity index (χ1n) is 7.33. The third-order valence-electron chi connectivity index (χ3n) is 3.47. The van der Waals surface area contributed by atoms with Gasteiger partial charge in [0.05, 0.1) is 6.61 Å². The van der Waals surface area contributed by atoms with Crippen LogP contribution in [0, 0.1) is 11.7 Å². The summed E-state index contributed by atoms with van der Waals surface area (Å²) < 4.78 is 19.6. The molecule has 108 valence electrons. The van der Waals surface area contributed by atoms with Crippen molar-refractivity contribution in [2.45, 2.75) is 46.0 Å². The lowest BCUT2D eigenvalue weighted by Crippen LogP contribution is -2.14. The van der Waals surface area contributed by atoms with E-state index >= 15 is 0 Å². The minimum atomic E-state index is -0.281. The van der Waals surface area contributed by atoms with E-state index in [1.54, 1.807) is 6.07 Å². The van der Waals surface area contributed by atoms with Gasteiger partial charge in [-0.3, -0.25) is 0 Å². The van der Waals surface area contributed by atoms with Crippen molar-refractivity contribution in [3.05, 3.63) is 29.6 Å². The normalized spacial score (nSPS) is 12.4. The van der Waals surface area contributed by atoms with Crippen molar-refractivity contribution in [2.24, 2.45) is 11.7 Å². The number of nitrogens with two attached hydrogens (primary N) is 1. The van der Waals surface area contributed by atoms with E-state index in [0.29, 0.717) is 31.2 Å². The molecule has 0 heterocycles. The number of ether oxygens (including phenoxy) is 1. The van der Waals surface area contributed by atoms with Gasteiger partial charge in [0.15, 0.2) is 11.6 Å². The molecule has 0 fully saturated rings. The Morgan fingerprint density at radius 2 is 2.11 bits per heavy atom. The Balaban J connectivity index is 2.64. The molecule has 19 heavy (non-hydrogen) atoms. The van der Waals surface area contributed by atoms with Crippen molar-refractivity contribution in [2.75, 3.05) is 13.2 Å². The summed E-state index contributed by atoms with van der Waals surface area (Å²) in [7, 11) is 0. The summed E-state index contributed by atoms with van der Waals surface area (Å²) in [6.45, 7) is 5.44. The summed E-state index contributed by atoms with van der Waals surface area (Å²) in [5.41, 5.74) is 6.42. The molecule has 3 heteroatoms. The fourth-order valence-corrected chi connectivity index (χ4v) is 2.17. The summed E-state index contributed by atoms with van der Waals surface area (Å²) in [5, 5.41) is 0. The van der Waals surface area contributed by atoms with Crippen LogP contribution in [0.5, 0.6) is 5.75 Å². The van der Waals surface area contributed by atoms with Crippen molar-refractivity contribution in [1.82, 2.24) is 0 Å². The number of hydrogen-bond acceptors (Lipinski definition) is 2. The molecule has 0 amide bonds. The van der Waals surface area contributed by atoms with Crippen LogP contribution >= 0.6 is 0 Å². The second kappa shape index (κ2) is 8.92. The Bertz CT molecular complexity index is 368. The molecular weight excluding hydrogens is 241 g/mol. The number of unbranched alkanes of at least 4 members (excludes halogenated alkanes) is 1. The number of para-hydroxylation sites is 1. The Hall–Kier alpha value is -1.09. The number of halogens is 1. The van der Waals surface area contributed by atoms with Gasteiger partial charge in [0.25, 0.3) is 0 Å². The minimum Gasteiger partial charge on any atom is -0.490 e. The number of benzene rings is 1. The van der Waals surface area contributed by atoms with E-state index < -0.39 is 0 Å². The van der Waals surface area contributed by atoms with Gasteiger partial charge in [-0.15, -0.1) is 0 Å². The van der Waals surface area contributed by atoms with E-state index in [0.717, 1.165) is 18.4 Å². The first-order chi connectivity index (χ1) is 9.22. The van der Waals surface area contributed by atoms with Crippen LogP contribution in [-0.4, -0.2) is 13.2 Å². The molecule has 0 radical (unpaired) electrons. The summed E-state index contributed by atoms with van der Waals surface area (Å²) in [5.74, 6) is 0.615. The zero-order valence-electron chi connectivity index (χ0n) is 12.1. The largest absolute Gasteiger partial charge is 0.490 e. The van der Waals surface area contributed by atoms with Gasteiger partial charge in [0.1, 0.15) is 0 Å². The fourth-order valence-electron chi connectivity index (χ4n) is 2.17. The standard InChI is InChI=1S/C16H26FNO/c1-3-5-7-13(4-2)12-19-16-14(10-11-18)8-6-9-15(16)17/h6,8-9,13H,3-5,7,10-12,18H2,1-2H3. The molecule has 0 spiro atoms. The summed E-state index contributed by atoms with van der Waals surface area (Å²) >= 11 is 0. The second-order valence-electron chi connectivity index (χ2n) is 4.99. The van der Waals surface area contributed by atoms with Gasteiger partial charge >= 0.3 is 0 Å². The zero-order chi connectivity index (χ0) is 14.1. The molecule has 0 saturated heterocycles. The van der Waals surface area contributed by atoms with E-state index in [9.17, 15) is 4.39 Å². The van der Waals surface area contributed by atoms with Gasteiger partial charge in [-0.05, 0) is 36.9 Å². The molecule has 0 aliphatic rings. The Morgan fingerprint density at radius 1 is 1.32 bits per heavy atom. The summed E-state index contributed by atoms with van der Waals surface area (Å²) in [6, 6.07) is 5.04. The number of hydrogen-bond donors (Lipinski definition) is 1. The lowest BCUT2D eigenvalue weighted by Gasteiger charge is -2.17. The van der Waals surface area contributed by atoms with E-state index in [2.05, 4.69) is 13.8 Å². The minimum absolute atomic E-state index is 0.281. The van der Waals surface area contributed by atoms with Crippen LogP contribution in [0.4, 0.5) is 4.39 Å². The molecule has 1 aromatic rings. The molecule has 0 saturated carbocycles. The highest BCUT2D eigenvalue weighted by Gasteiger charge is 2.12. The van der Waals surface area contributed by atoms with E-state index in [4.69, 9.17) is 10.5 Å². The molecule has 1 unspecified atom stereocenters. The molecule has 2 nitrogen and oxygen atoms in total. The molecular formula is C16H26FNO. The Kier molecular flexibility index (Phi) is 7.49. The smallest absolute Gasteiger partial charge is 0.165 e. The van der Waals surface area contributed by atoms with Gasteiger partial charge in [-0.25, -0.2) is 4.39 Å². The van der Waals surface area contributed by atoms with Gasteiger partial charge < -0.3 is 10.5 Å². The monoisotopic (exact) mass is 267 g/mol. The van der Waals surface area contributed by atoms with Gasteiger partial charge in [0, 0.05) is 0 Å². The molecule has 0 aliphatic carbocycles. The van der Waals surface area contributed by atoms with Crippen LogP contribution < -0.4 is 10.5 Å². The van der Waals surface area contributed by atoms with Gasteiger partial charge in [-0.1, -0.05) is 45.2 Å². The third kappa shape index (κ3) is 5.19. The van der Waals surface area contributed by atoms with Crippen molar-refractivity contribution >= 4 is 0 Å². The maximum absolute atomic E-state index is 13.8. The van der Waals surface area contributed by atoms with E-state index in [-0.39, 0.29) is 5.82 Å². The van der Waals surface area contributed by atoms with Crippen LogP contribution in [0.1, 0.15) is 45.1 Å². The van der Waals surface area contributed by atoms with Crippen molar-refractivity contribution in [1.29, 1.82) is 0 Å². The van der Waals surface area contributed by atoms with Gasteiger partial charge in [0.2, 0.25) is 0 Å². The highest BCUT2D eigenvalue weighted by molar-refractivity contribution is 5.35. The molecule has 1 rings (SSSR count). The van der Waals surface area contributed by atoms with E-state index in [1.165, 1.54) is 18.9 Å². The highest BCUT2D eigenvalue weighted by Crippen LogP contribution is 2.24. The van der Waals surface area contributed by atoms with Gasteiger partial charge in [-0.2, -0.15) is 0 Å². The van der Waals surface area contributed by atoms with E-state index in [1.807, 2.05) is 6.07 Å². The van der Waals surface area contributed by atoms with Crippen LogP contribution in [-0.2, 0) is 6.42 Å². The lowest BCUT2D eigenvalue weighted by molar-refractivity contribution is 0.223. The summed E-state index contributed by atoms with van der Waals surface area (Å²) in [6.07, 6.45) is 5.26. The second-order valence-corrected chi connectivity index (χ2v) is 4.99. The molecule has 0 aromatic heterocycles. The Morgan fingerprint density at radius 3 is 2.74 bits per heavy atom. The maximum Gasteiger partial charge on any atom is 0.165 e. The third-order valence-corrected chi connectivity index (χ3v) is 3.47. The first kappa shape index (κ1) is 16.0. The highest BCUT2D eigenvalue weighted by atomic mass is 19.1. The summed E-state index contributed by atoms with van der Waals surface area (Å²) in [4.78, 5) is 0. The van der Waals surface area contributed by atoms with Crippen molar-refractivity contribution in [3.63, 3.8) is 0 Å². The van der Waals surface area contributed by atoms with Crippen LogP contribution in [0.2, 0.25) is 0 Å². The quantitative estimate of drug-likeness (QED) is 0.736. The maximum atomic E-state index is 13.8. The SMILES string of the molecule is CCCCC(CC)COc1c(F)cccc1CCN. The number of rotatable bonds is 9. The molecule has 2 N–H and O–H groups in total. The van der Waals surface area contributed by atoms with Crippen molar-refractivity contribution in [3.8, 4) is 5.75 Å². The molecule has 0 aliphatic heterocycles. The van der Waals surface area contributed by atoms with Crippen LogP contribution in [0.25, 0.3) is 0 Å². The van der Waals surface area contributed by atoms with Crippen LogP contribution in [0.3, 0.4) is 0 Å². The predicted octanol–water partition coefficient (Wildman–Crippen LogP) is 3.92. The average Bonchev–Trinajstić information content (AvgIpc) is 2.41. The van der Waals surface area contributed by atoms with Crippen LogP contribution in [0.15, 0.2) is 18.2 Å². The molecule has 0 bridgehead atoms. The Labute approximate surface area is 116 Å². The average molecular weight is 267 g/mol. The van der Waals surface area contributed by atoms with Crippen molar-refractivity contribution < 1.29 is 9.13 Å².